The van der Waals surface area contributed by atoms with E-state index in [1.807, 2.05) is 12.1 Å². The molecule has 3 nitrogen and oxygen atoms in total. The lowest BCUT2D eigenvalue weighted by Crippen LogP contribution is -2.46. The predicted octanol–water partition coefficient (Wildman–Crippen LogP) is 2.32. The molecule has 21 heavy (non-hydrogen) atoms. The third kappa shape index (κ3) is 4.77. The van der Waals surface area contributed by atoms with Crippen molar-refractivity contribution in [1.29, 1.82) is 0 Å². The van der Waals surface area contributed by atoms with Crippen LogP contribution in [0.5, 0.6) is 0 Å². The van der Waals surface area contributed by atoms with Gasteiger partial charge in [-0.05, 0) is 56.6 Å². The molecule has 2 rings (SSSR count). The summed E-state index contributed by atoms with van der Waals surface area (Å²) in [5.74, 6) is 0.158. The highest BCUT2D eigenvalue weighted by Gasteiger charge is 2.24. The quantitative estimate of drug-likeness (QED) is 0.872. The molecule has 1 heterocycles. The molecule has 4 heteroatoms. The molecule has 1 aromatic carbocycles. The zero-order valence-corrected chi connectivity index (χ0v) is 13.1. The maximum atomic E-state index is 13.0. The number of piperidine rings is 1. The number of hydrogen-bond acceptors (Lipinski definition) is 3. The molecule has 1 N–H and O–H groups in total. The minimum Gasteiger partial charge on any atom is -0.395 e. The minimum absolute atomic E-state index is 0.187. The van der Waals surface area contributed by atoms with E-state index in [4.69, 9.17) is 0 Å². The van der Waals surface area contributed by atoms with Gasteiger partial charge in [0.2, 0.25) is 0 Å². The molecule has 0 spiro atoms. The molecule has 1 fully saturated rings. The number of aliphatic hydroxyl groups is 1. The lowest BCUT2D eigenvalue weighted by molar-refractivity contribution is 0.0957. The van der Waals surface area contributed by atoms with Crippen LogP contribution in [0.1, 0.15) is 31.2 Å². The van der Waals surface area contributed by atoms with E-state index in [0.29, 0.717) is 12.0 Å². The summed E-state index contributed by atoms with van der Waals surface area (Å²) in [6.45, 7) is 6.25. The second-order valence-corrected chi connectivity index (χ2v) is 6.21. The highest BCUT2D eigenvalue weighted by atomic mass is 19.1. The highest BCUT2D eigenvalue weighted by molar-refractivity contribution is 5.20. The molecule has 118 valence electrons. The fraction of sp³-hybridized carbons (Fsp3) is 0.647. The minimum atomic E-state index is -0.187. The number of aliphatic hydroxyl groups excluding tert-OH is 1. The van der Waals surface area contributed by atoms with Crippen LogP contribution in [0, 0.1) is 5.82 Å². The van der Waals surface area contributed by atoms with E-state index in [1.165, 1.54) is 12.1 Å². The first-order chi connectivity index (χ1) is 10.1. The Morgan fingerprint density at radius 3 is 2.48 bits per heavy atom. The van der Waals surface area contributed by atoms with Crippen molar-refractivity contribution in [3.8, 4) is 0 Å². The van der Waals surface area contributed by atoms with E-state index in [-0.39, 0.29) is 12.4 Å². The summed E-state index contributed by atoms with van der Waals surface area (Å²) in [7, 11) is 2.16. The van der Waals surface area contributed by atoms with Crippen LogP contribution in [0.2, 0.25) is 0 Å². The molecule has 0 saturated carbocycles. The fourth-order valence-corrected chi connectivity index (χ4v) is 3.16. The number of rotatable bonds is 6. The molecule has 1 saturated heterocycles. The molecule has 1 aromatic rings. The van der Waals surface area contributed by atoms with Gasteiger partial charge in [0.15, 0.2) is 0 Å². The maximum Gasteiger partial charge on any atom is 0.123 e. The Morgan fingerprint density at radius 1 is 1.29 bits per heavy atom. The lowest BCUT2D eigenvalue weighted by atomic mass is 9.97. The first-order valence-corrected chi connectivity index (χ1v) is 7.89. The Bertz CT molecular complexity index is 415. The topological polar surface area (TPSA) is 26.7 Å². The zero-order valence-electron chi connectivity index (χ0n) is 13.1. The maximum absolute atomic E-state index is 13.0. The van der Waals surface area contributed by atoms with Gasteiger partial charge < -0.3 is 10.0 Å². The summed E-state index contributed by atoms with van der Waals surface area (Å²) in [4.78, 5) is 4.76. The summed E-state index contributed by atoms with van der Waals surface area (Å²) in [5, 5.41) is 9.34. The van der Waals surface area contributed by atoms with Gasteiger partial charge in [-0.3, -0.25) is 4.90 Å². The van der Waals surface area contributed by atoms with Gasteiger partial charge in [0.1, 0.15) is 5.82 Å². The summed E-state index contributed by atoms with van der Waals surface area (Å²) < 4.78 is 13.0. The van der Waals surface area contributed by atoms with Crippen LogP contribution in [0.4, 0.5) is 4.39 Å². The van der Waals surface area contributed by atoms with Gasteiger partial charge in [0.25, 0.3) is 0 Å². The first-order valence-electron chi connectivity index (χ1n) is 7.89. The normalized spacial score (nSPS) is 19.1. The van der Waals surface area contributed by atoms with Crippen molar-refractivity contribution in [3.63, 3.8) is 0 Å². The van der Waals surface area contributed by atoms with Crippen LogP contribution in [0.3, 0.4) is 0 Å². The SMILES string of the molecule is CC(CN(CCO)C1CCN(C)CC1)c1ccc(F)cc1. The van der Waals surface area contributed by atoms with Gasteiger partial charge in [0, 0.05) is 19.1 Å². The van der Waals surface area contributed by atoms with Crippen LogP contribution in [0.15, 0.2) is 24.3 Å². The second kappa shape index (κ2) is 7.87. The van der Waals surface area contributed by atoms with Gasteiger partial charge in [-0.2, -0.15) is 0 Å². The molecule has 1 atom stereocenters. The number of likely N-dealkylation sites (tertiary alicyclic amines) is 1. The average molecular weight is 294 g/mol. The molecule has 1 aliphatic heterocycles. The van der Waals surface area contributed by atoms with Crippen LogP contribution >= 0.6 is 0 Å². The second-order valence-electron chi connectivity index (χ2n) is 6.21. The number of benzene rings is 1. The lowest BCUT2D eigenvalue weighted by Gasteiger charge is -2.38. The molecule has 0 aliphatic carbocycles. The Labute approximate surface area is 127 Å². The highest BCUT2D eigenvalue weighted by Crippen LogP contribution is 2.21. The smallest absolute Gasteiger partial charge is 0.123 e. The predicted molar refractivity (Wildman–Crippen MR) is 84.0 cm³/mol. The van der Waals surface area contributed by atoms with E-state index in [1.54, 1.807) is 0 Å². The van der Waals surface area contributed by atoms with E-state index in [0.717, 1.165) is 44.6 Å². The zero-order chi connectivity index (χ0) is 15.2. The molecular weight excluding hydrogens is 267 g/mol. The largest absolute Gasteiger partial charge is 0.395 e. The third-order valence-electron chi connectivity index (χ3n) is 4.54. The molecule has 0 radical (unpaired) electrons. The van der Waals surface area contributed by atoms with Crippen molar-refractivity contribution < 1.29 is 9.50 Å². The van der Waals surface area contributed by atoms with E-state index in [9.17, 15) is 9.50 Å². The molecule has 0 aromatic heterocycles. The van der Waals surface area contributed by atoms with E-state index >= 15 is 0 Å². The molecule has 0 amide bonds. The van der Waals surface area contributed by atoms with Crippen molar-refractivity contribution in [2.45, 2.75) is 31.7 Å². The van der Waals surface area contributed by atoms with Crippen molar-refractivity contribution in [1.82, 2.24) is 9.80 Å². The number of nitrogens with zero attached hydrogens (tertiary/aromatic N) is 2. The first kappa shape index (κ1) is 16.4. The number of hydrogen-bond donors (Lipinski definition) is 1. The third-order valence-corrected chi connectivity index (χ3v) is 4.54. The standard InChI is InChI=1S/C17H27FN2O/c1-14(15-3-5-16(18)6-4-15)13-20(11-12-21)17-7-9-19(2)10-8-17/h3-6,14,17,21H,7-13H2,1-2H3. The van der Waals surface area contributed by atoms with Crippen LogP contribution in [-0.4, -0.2) is 60.8 Å². The Kier molecular flexibility index (Phi) is 6.15. The van der Waals surface area contributed by atoms with Crippen LogP contribution in [-0.2, 0) is 0 Å². The van der Waals surface area contributed by atoms with Gasteiger partial charge in [-0.25, -0.2) is 4.39 Å². The van der Waals surface area contributed by atoms with Gasteiger partial charge in [-0.1, -0.05) is 19.1 Å². The van der Waals surface area contributed by atoms with Gasteiger partial charge in [-0.15, -0.1) is 0 Å². The van der Waals surface area contributed by atoms with Crippen molar-refractivity contribution in [2.75, 3.05) is 39.8 Å². The van der Waals surface area contributed by atoms with Crippen LogP contribution in [0.25, 0.3) is 0 Å². The Hall–Kier alpha value is -0.970. The average Bonchev–Trinajstić information content (AvgIpc) is 2.48. The Morgan fingerprint density at radius 2 is 1.90 bits per heavy atom. The molecular formula is C17H27FN2O. The van der Waals surface area contributed by atoms with Crippen molar-refractivity contribution >= 4 is 0 Å². The summed E-state index contributed by atoms with van der Waals surface area (Å²) in [6.07, 6.45) is 2.32. The monoisotopic (exact) mass is 294 g/mol. The van der Waals surface area contributed by atoms with Crippen LogP contribution < -0.4 is 0 Å². The van der Waals surface area contributed by atoms with Crippen molar-refractivity contribution in [2.24, 2.45) is 0 Å². The van der Waals surface area contributed by atoms with E-state index < -0.39 is 0 Å². The summed E-state index contributed by atoms with van der Waals surface area (Å²) >= 11 is 0. The molecule has 0 bridgehead atoms. The van der Waals surface area contributed by atoms with Crippen molar-refractivity contribution in [3.05, 3.63) is 35.6 Å². The summed E-state index contributed by atoms with van der Waals surface area (Å²) in [6, 6.07) is 7.34. The Balaban J connectivity index is 1.96. The van der Waals surface area contributed by atoms with E-state index in [2.05, 4.69) is 23.8 Å². The molecule has 1 unspecified atom stereocenters. The van der Waals surface area contributed by atoms with Gasteiger partial charge >= 0.3 is 0 Å². The molecule has 1 aliphatic rings. The number of halogens is 1. The summed E-state index contributed by atoms with van der Waals surface area (Å²) in [5.41, 5.74) is 1.16. The van der Waals surface area contributed by atoms with Gasteiger partial charge in [0.05, 0.1) is 6.61 Å². The fourth-order valence-electron chi connectivity index (χ4n) is 3.16.